The van der Waals surface area contributed by atoms with Crippen LogP contribution >= 0.6 is 0 Å². The molecule has 43 heavy (non-hydrogen) atoms. The predicted octanol–water partition coefficient (Wildman–Crippen LogP) is 6.24. The van der Waals surface area contributed by atoms with Crippen molar-refractivity contribution < 1.29 is 40.3 Å². The Morgan fingerprint density at radius 1 is 0.930 bits per heavy atom. The highest BCUT2D eigenvalue weighted by Gasteiger charge is 2.42. The molecule has 234 valence electrons. The van der Waals surface area contributed by atoms with Crippen molar-refractivity contribution in [2.45, 2.75) is 69.6 Å². The Bertz CT molecular complexity index is 1350. The van der Waals surface area contributed by atoms with Crippen molar-refractivity contribution in [1.82, 2.24) is 19.6 Å². The molecular formula is C30H33F7N4O2. The molecule has 0 aliphatic carbocycles. The van der Waals surface area contributed by atoms with Gasteiger partial charge in [0.25, 0.3) is 0 Å². The number of amides is 3. The zero-order valence-corrected chi connectivity index (χ0v) is 23.8. The van der Waals surface area contributed by atoms with E-state index in [1.807, 2.05) is 4.90 Å². The zero-order chi connectivity index (χ0) is 31.3. The number of likely N-dealkylation sites (tertiary alicyclic amines) is 1. The molecule has 3 amide bonds. The summed E-state index contributed by atoms with van der Waals surface area (Å²) in [5.41, 5.74) is -1.83. The van der Waals surface area contributed by atoms with Crippen LogP contribution in [0.3, 0.4) is 0 Å². The normalized spacial score (nSPS) is 23.5. The van der Waals surface area contributed by atoms with Crippen molar-refractivity contribution in [2.24, 2.45) is 0 Å². The third kappa shape index (κ3) is 6.61. The number of urea groups is 1. The van der Waals surface area contributed by atoms with Crippen LogP contribution in [0.5, 0.6) is 0 Å². The number of fused-ring (bicyclic) bond motifs is 1. The van der Waals surface area contributed by atoms with Gasteiger partial charge in [0.2, 0.25) is 5.91 Å². The SMILES string of the molecule is Cc1cc(F)ccc1[C@H]1C[C@@H](N2CCN3C(=O)CC[C@H]3C2)CCN1C(=O)N(C)Cc1cc(C(F)(F)F)cc(C(F)(F)F)c1. The highest BCUT2D eigenvalue weighted by molar-refractivity contribution is 5.79. The molecule has 3 aliphatic heterocycles. The number of piperazine rings is 1. The first-order valence-electron chi connectivity index (χ1n) is 14.2. The van der Waals surface area contributed by atoms with Gasteiger partial charge in [-0.2, -0.15) is 26.3 Å². The lowest BCUT2D eigenvalue weighted by atomic mass is 9.88. The van der Waals surface area contributed by atoms with Crippen molar-refractivity contribution >= 4 is 11.9 Å². The fourth-order valence-electron chi connectivity index (χ4n) is 6.71. The molecular weight excluding hydrogens is 581 g/mol. The molecule has 0 bridgehead atoms. The average molecular weight is 615 g/mol. The van der Waals surface area contributed by atoms with Crippen molar-refractivity contribution in [3.8, 4) is 0 Å². The molecule has 0 aromatic heterocycles. The number of aryl methyl sites for hydroxylation is 1. The van der Waals surface area contributed by atoms with Gasteiger partial charge in [-0.25, -0.2) is 9.18 Å². The van der Waals surface area contributed by atoms with Gasteiger partial charge in [-0.3, -0.25) is 9.69 Å². The lowest BCUT2D eigenvalue weighted by molar-refractivity contribution is -0.143. The lowest BCUT2D eigenvalue weighted by Crippen LogP contribution is -2.57. The highest BCUT2D eigenvalue weighted by Crippen LogP contribution is 2.39. The first-order valence-corrected chi connectivity index (χ1v) is 14.2. The first-order chi connectivity index (χ1) is 20.1. The van der Waals surface area contributed by atoms with Gasteiger partial charge in [-0.15, -0.1) is 0 Å². The number of carbonyl (C=O) groups is 2. The van der Waals surface area contributed by atoms with Gasteiger partial charge in [0.15, 0.2) is 0 Å². The summed E-state index contributed by atoms with van der Waals surface area (Å²) < 4.78 is 94.4. The van der Waals surface area contributed by atoms with Gasteiger partial charge in [0.05, 0.1) is 17.2 Å². The van der Waals surface area contributed by atoms with E-state index >= 15 is 0 Å². The summed E-state index contributed by atoms with van der Waals surface area (Å²) in [6.07, 6.45) is -7.56. The van der Waals surface area contributed by atoms with Gasteiger partial charge < -0.3 is 14.7 Å². The second kappa shape index (κ2) is 11.6. The Kier molecular flexibility index (Phi) is 8.40. The molecule has 0 unspecified atom stereocenters. The Morgan fingerprint density at radius 2 is 1.60 bits per heavy atom. The van der Waals surface area contributed by atoms with Gasteiger partial charge in [-0.05, 0) is 73.2 Å². The summed E-state index contributed by atoms with van der Waals surface area (Å²) in [7, 11) is 1.34. The van der Waals surface area contributed by atoms with E-state index in [1.54, 1.807) is 17.9 Å². The van der Waals surface area contributed by atoms with E-state index in [0.29, 0.717) is 50.0 Å². The number of halogens is 7. The van der Waals surface area contributed by atoms with Crippen molar-refractivity contribution in [1.29, 1.82) is 0 Å². The molecule has 3 saturated heterocycles. The molecule has 0 spiro atoms. The van der Waals surface area contributed by atoms with Crippen LogP contribution in [0.4, 0.5) is 35.5 Å². The maximum atomic E-state index is 14.0. The van der Waals surface area contributed by atoms with Crippen LogP contribution in [-0.2, 0) is 23.7 Å². The van der Waals surface area contributed by atoms with Crippen LogP contribution in [0.1, 0.15) is 59.5 Å². The molecule has 3 aliphatic rings. The number of piperidine rings is 1. The second-order valence-corrected chi connectivity index (χ2v) is 11.7. The van der Waals surface area contributed by atoms with E-state index in [2.05, 4.69) is 4.90 Å². The summed E-state index contributed by atoms with van der Waals surface area (Å²) in [5.74, 6) is -0.272. The quantitative estimate of drug-likeness (QED) is 0.384. The fraction of sp³-hybridized carbons (Fsp3) is 0.533. The summed E-state index contributed by atoms with van der Waals surface area (Å²) in [6, 6.07) is 4.78. The number of nitrogens with zero attached hydrogens (tertiary/aromatic N) is 4. The average Bonchev–Trinajstić information content (AvgIpc) is 3.31. The number of hydrogen-bond acceptors (Lipinski definition) is 3. The minimum absolute atomic E-state index is 0.0603. The van der Waals surface area contributed by atoms with E-state index in [9.17, 15) is 40.3 Å². The number of hydrogen-bond donors (Lipinski definition) is 0. The van der Waals surface area contributed by atoms with E-state index in [1.165, 1.54) is 19.2 Å². The monoisotopic (exact) mass is 614 g/mol. The lowest BCUT2D eigenvalue weighted by Gasteiger charge is -2.48. The van der Waals surface area contributed by atoms with E-state index < -0.39 is 47.9 Å². The Morgan fingerprint density at radius 3 is 2.23 bits per heavy atom. The van der Waals surface area contributed by atoms with E-state index in [-0.39, 0.29) is 36.2 Å². The van der Waals surface area contributed by atoms with Gasteiger partial charge in [0.1, 0.15) is 5.82 Å². The first kappa shape index (κ1) is 31.1. The molecule has 0 N–H and O–H groups in total. The Balaban J connectivity index is 1.38. The van der Waals surface area contributed by atoms with E-state index in [4.69, 9.17) is 0 Å². The molecule has 2 aromatic carbocycles. The van der Waals surface area contributed by atoms with E-state index in [0.717, 1.165) is 23.4 Å². The molecule has 13 heteroatoms. The smallest absolute Gasteiger partial charge is 0.337 e. The van der Waals surface area contributed by atoms with Gasteiger partial charge in [0, 0.05) is 58.3 Å². The summed E-state index contributed by atoms with van der Waals surface area (Å²) in [4.78, 5) is 32.9. The van der Waals surface area contributed by atoms with Crippen molar-refractivity contribution in [3.63, 3.8) is 0 Å². The standard InChI is InChI=1S/C30H33F7N4O2/c1-18-11-22(31)3-5-25(18)26-15-23(39-9-10-40-24(17-39)4-6-27(40)42)7-8-41(26)28(43)38(2)16-19-12-20(29(32,33)34)14-21(13-19)30(35,36)37/h3,5,11-14,23-24,26H,4,6-10,15-17H2,1-2H3/t23-,24-,26+/m0/s1. The van der Waals surface area contributed by atoms with Crippen LogP contribution in [-0.4, -0.2) is 76.8 Å². The molecule has 3 fully saturated rings. The maximum absolute atomic E-state index is 14.0. The Labute approximate surface area is 245 Å². The predicted molar refractivity (Wildman–Crippen MR) is 143 cm³/mol. The topological polar surface area (TPSA) is 47.1 Å². The van der Waals surface area contributed by atoms with Crippen LogP contribution in [0.2, 0.25) is 0 Å². The summed E-state index contributed by atoms with van der Waals surface area (Å²) in [6.45, 7) is 3.58. The number of alkyl halides is 6. The summed E-state index contributed by atoms with van der Waals surface area (Å²) in [5, 5.41) is 0. The van der Waals surface area contributed by atoms with Crippen LogP contribution < -0.4 is 0 Å². The van der Waals surface area contributed by atoms with Crippen LogP contribution in [0.15, 0.2) is 36.4 Å². The number of rotatable bonds is 4. The minimum Gasteiger partial charge on any atom is -0.337 e. The second-order valence-electron chi connectivity index (χ2n) is 11.7. The zero-order valence-electron chi connectivity index (χ0n) is 23.8. The van der Waals surface area contributed by atoms with Crippen LogP contribution in [0.25, 0.3) is 0 Å². The van der Waals surface area contributed by atoms with Gasteiger partial charge >= 0.3 is 18.4 Å². The molecule has 2 aromatic rings. The number of carbonyl (C=O) groups excluding carboxylic acids is 2. The van der Waals surface area contributed by atoms with Crippen LogP contribution in [0, 0.1) is 12.7 Å². The molecule has 3 heterocycles. The van der Waals surface area contributed by atoms with Gasteiger partial charge in [-0.1, -0.05) is 6.07 Å². The molecule has 0 saturated carbocycles. The summed E-state index contributed by atoms with van der Waals surface area (Å²) >= 11 is 0. The number of benzene rings is 2. The third-order valence-corrected chi connectivity index (χ3v) is 8.85. The molecule has 3 atom stereocenters. The third-order valence-electron chi connectivity index (χ3n) is 8.85. The minimum atomic E-state index is -5.00. The largest absolute Gasteiger partial charge is 0.416 e. The van der Waals surface area contributed by atoms with Crippen molar-refractivity contribution in [3.05, 3.63) is 70.0 Å². The Hall–Kier alpha value is -3.35. The molecule has 0 radical (unpaired) electrons. The molecule has 6 nitrogen and oxygen atoms in total. The fourth-order valence-corrected chi connectivity index (χ4v) is 6.71. The van der Waals surface area contributed by atoms with Crippen molar-refractivity contribution in [2.75, 3.05) is 33.2 Å². The molecule has 5 rings (SSSR count). The maximum Gasteiger partial charge on any atom is 0.416 e. The highest BCUT2D eigenvalue weighted by atomic mass is 19.4.